The smallest absolute Gasteiger partial charge is 0.337 e. The average molecular weight is 276 g/mol. The number of nitrogen functional groups attached to an aromatic ring is 1. The van der Waals surface area contributed by atoms with E-state index < -0.39 is 0 Å². The van der Waals surface area contributed by atoms with E-state index in [1.807, 2.05) is 6.07 Å². The van der Waals surface area contributed by atoms with Crippen LogP contribution in [0, 0.1) is 11.8 Å². The summed E-state index contributed by atoms with van der Waals surface area (Å²) in [6, 6.07) is 5.76. The minimum absolute atomic E-state index is 0.358. The molecule has 4 nitrogen and oxygen atoms in total. The molecule has 1 saturated carbocycles. The van der Waals surface area contributed by atoms with E-state index in [-0.39, 0.29) is 5.97 Å². The van der Waals surface area contributed by atoms with E-state index in [1.54, 1.807) is 12.1 Å². The highest BCUT2D eigenvalue weighted by atomic mass is 16.5. The van der Waals surface area contributed by atoms with Gasteiger partial charge in [-0.15, -0.1) is 0 Å². The Morgan fingerprint density at radius 1 is 1.45 bits per heavy atom. The van der Waals surface area contributed by atoms with Crippen molar-refractivity contribution in [2.75, 3.05) is 18.2 Å². The molecular weight excluding hydrogens is 252 g/mol. The molecule has 0 spiro atoms. The fraction of sp³-hybridized carbons (Fsp3) is 0.562. The van der Waals surface area contributed by atoms with Crippen molar-refractivity contribution in [3.05, 3.63) is 23.8 Å². The van der Waals surface area contributed by atoms with Crippen molar-refractivity contribution in [2.24, 2.45) is 11.8 Å². The molecule has 1 aliphatic rings. The maximum Gasteiger partial charge on any atom is 0.337 e. The van der Waals surface area contributed by atoms with Gasteiger partial charge in [-0.1, -0.05) is 20.3 Å². The van der Waals surface area contributed by atoms with Gasteiger partial charge in [0.2, 0.25) is 0 Å². The molecule has 1 fully saturated rings. The fourth-order valence-corrected chi connectivity index (χ4v) is 3.17. The maximum atomic E-state index is 11.5. The van der Waals surface area contributed by atoms with Crippen molar-refractivity contribution < 1.29 is 9.53 Å². The largest absolute Gasteiger partial charge is 0.465 e. The summed E-state index contributed by atoms with van der Waals surface area (Å²) >= 11 is 0. The Hall–Kier alpha value is -1.71. The van der Waals surface area contributed by atoms with Crippen LogP contribution in [0.4, 0.5) is 11.4 Å². The quantitative estimate of drug-likeness (QED) is 0.654. The molecule has 3 N–H and O–H groups in total. The van der Waals surface area contributed by atoms with E-state index in [1.165, 1.54) is 26.4 Å². The summed E-state index contributed by atoms with van der Waals surface area (Å²) in [5.74, 6) is 1.09. The van der Waals surface area contributed by atoms with Crippen molar-refractivity contribution >= 4 is 17.3 Å². The van der Waals surface area contributed by atoms with Crippen molar-refractivity contribution in [3.63, 3.8) is 0 Å². The van der Waals surface area contributed by atoms with Crippen molar-refractivity contribution in [2.45, 2.75) is 39.2 Å². The molecule has 1 aliphatic carbocycles. The molecule has 0 aromatic heterocycles. The van der Waals surface area contributed by atoms with E-state index >= 15 is 0 Å². The molecule has 0 radical (unpaired) electrons. The molecule has 2 rings (SSSR count). The summed E-state index contributed by atoms with van der Waals surface area (Å²) in [7, 11) is 1.37. The summed E-state index contributed by atoms with van der Waals surface area (Å²) < 4.78 is 4.70. The van der Waals surface area contributed by atoms with Crippen LogP contribution in [0.3, 0.4) is 0 Å². The first-order valence-electron chi connectivity index (χ1n) is 7.31. The highest BCUT2D eigenvalue weighted by Gasteiger charge is 2.31. The van der Waals surface area contributed by atoms with Crippen LogP contribution in [0.2, 0.25) is 0 Å². The molecule has 0 heterocycles. The maximum absolute atomic E-state index is 11.5. The molecule has 110 valence electrons. The van der Waals surface area contributed by atoms with Gasteiger partial charge in [0.15, 0.2) is 0 Å². The lowest BCUT2D eigenvalue weighted by atomic mass is 9.93. The molecular formula is C16H24N2O2. The third-order valence-electron chi connectivity index (χ3n) is 4.56. The number of carbonyl (C=O) groups excluding carboxylic acids is 1. The zero-order valence-corrected chi connectivity index (χ0v) is 12.5. The van der Waals surface area contributed by atoms with Crippen LogP contribution >= 0.6 is 0 Å². The lowest BCUT2D eigenvalue weighted by Gasteiger charge is -2.23. The van der Waals surface area contributed by atoms with Crippen LogP contribution in [-0.4, -0.2) is 19.1 Å². The molecule has 0 amide bonds. The highest BCUT2D eigenvalue weighted by molar-refractivity contribution is 5.91. The van der Waals surface area contributed by atoms with Gasteiger partial charge in [0.1, 0.15) is 0 Å². The van der Waals surface area contributed by atoms with Gasteiger partial charge in [0.05, 0.1) is 24.0 Å². The SMILES string of the molecule is CCC1CCC(Nc2ccc(C(=O)OC)cc2N)C1C. The van der Waals surface area contributed by atoms with Gasteiger partial charge in [0.25, 0.3) is 0 Å². The molecule has 4 heteroatoms. The lowest BCUT2D eigenvalue weighted by Crippen LogP contribution is -2.25. The number of anilines is 2. The van der Waals surface area contributed by atoms with Gasteiger partial charge in [-0.05, 0) is 42.9 Å². The molecule has 3 atom stereocenters. The topological polar surface area (TPSA) is 64.3 Å². The minimum Gasteiger partial charge on any atom is -0.465 e. The monoisotopic (exact) mass is 276 g/mol. The molecule has 0 bridgehead atoms. The minimum atomic E-state index is -0.358. The Labute approximate surface area is 120 Å². The van der Waals surface area contributed by atoms with Gasteiger partial charge in [-0.25, -0.2) is 4.79 Å². The van der Waals surface area contributed by atoms with Gasteiger partial charge >= 0.3 is 5.97 Å². The predicted molar refractivity (Wildman–Crippen MR) is 81.8 cm³/mol. The van der Waals surface area contributed by atoms with Gasteiger partial charge in [-0.2, -0.15) is 0 Å². The number of rotatable bonds is 4. The molecule has 20 heavy (non-hydrogen) atoms. The summed E-state index contributed by atoms with van der Waals surface area (Å²) in [5, 5.41) is 3.53. The van der Waals surface area contributed by atoms with Crippen LogP contribution in [0.1, 0.15) is 43.5 Å². The Bertz CT molecular complexity index is 487. The van der Waals surface area contributed by atoms with E-state index in [4.69, 9.17) is 10.5 Å². The van der Waals surface area contributed by atoms with Gasteiger partial charge < -0.3 is 15.8 Å². The van der Waals surface area contributed by atoms with Crippen molar-refractivity contribution in [1.29, 1.82) is 0 Å². The number of ether oxygens (including phenoxy) is 1. The zero-order valence-electron chi connectivity index (χ0n) is 12.5. The number of hydrogen-bond acceptors (Lipinski definition) is 4. The Balaban J connectivity index is 2.09. The second-order valence-electron chi connectivity index (χ2n) is 5.65. The van der Waals surface area contributed by atoms with Gasteiger partial charge in [-0.3, -0.25) is 0 Å². The lowest BCUT2D eigenvalue weighted by molar-refractivity contribution is 0.0601. The van der Waals surface area contributed by atoms with Gasteiger partial charge in [0, 0.05) is 6.04 Å². The van der Waals surface area contributed by atoms with Crippen LogP contribution in [0.25, 0.3) is 0 Å². The average Bonchev–Trinajstić information content (AvgIpc) is 2.80. The number of esters is 1. The summed E-state index contributed by atoms with van der Waals surface area (Å²) in [6.07, 6.45) is 3.68. The van der Waals surface area contributed by atoms with Crippen LogP contribution in [0.15, 0.2) is 18.2 Å². The van der Waals surface area contributed by atoms with Crippen LogP contribution in [0.5, 0.6) is 0 Å². The third kappa shape index (κ3) is 2.89. The summed E-state index contributed by atoms with van der Waals surface area (Å²) in [5.41, 5.74) is 8.03. The first-order valence-corrected chi connectivity index (χ1v) is 7.31. The van der Waals surface area contributed by atoms with Crippen molar-refractivity contribution in [3.8, 4) is 0 Å². The second-order valence-corrected chi connectivity index (χ2v) is 5.65. The Morgan fingerprint density at radius 2 is 2.20 bits per heavy atom. The molecule has 0 saturated heterocycles. The molecule has 0 aliphatic heterocycles. The number of benzene rings is 1. The Morgan fingerprint density at radius 3 is 2.75 bits per heavy atom. The standard InChI is InChI=1S/C16H24N2O2/c1-4-11-5-7-14(10(11)2)18-15-8-6-12(9-13(15)17)16(19)20-3/h6,8-11,14,18H,4-5,7,17H2,1-3H3. The van der Waals surface area contributed by atoms with E-state index in [0.29, 0.717) is 23.2 Å². The van der Waals surface area contributed by atoms with Crippen molar-refractivity contribution in [1.82, 2.24) is 0 Å². The molecule has 3 unspecified atom stereocenters. The van der Waals surface area contributed by atoms with E-state index in [0.717, 1.165) is 11.6 Å². The second kappa shape index (κ2) is 6.16. The molecule has 1 aromatic carbocycles. The number of nitrogens with one attached hydrogen (secondary N) is 1. The van der Waals surface area contributed by atoms with E-state index in [9.17, 15) is 4.79 Å². The first kappa shape index (κ1) is 14.7. The van der Waals surface area contributed by atoms with E-state index in [2.05, 4.69) is 19.2 Å². The first-order chi connectivity index (χ1) is 9.56. The number of hydrogen-bond donors (Lipinski definition) is 2. The van der Waals surface area contributed by atoms with Crippen LogP contribution in [-0.2, 0) is 4.74 Å². The predicted octanol–water partition coefficient (Wildman–Crippen LogP) is 3.29. The third-order valence-corrected chi connectivity index (χ3v) is 4.56. The zero-order chi connectivity index (χ0) is 14.7. The number of methoxy groups -OCH3 is 1. The normalized spacial score (nSPS) is 25.4. The number of carbonyl (C=O) groups is 1. The number of nitrogens with two attached hydrogens (primary N) is 1. The van der Waals surface area contributed by atoms with Crippen LogP contribution < -0.4 is 11.1 Å². The fourth-order valence-electron chi connectivity index (χ4n) is 3.17. The molecule has 1 aromatic rings. The highest BCUT2D eigenvalue weighted by Crippen LogP contribution is 2.36. The Kier molecular flexibility index (Phi) is 4.53. The summed E-state index contributed by atoms with van der Waals surface area (Å²) in [6.45, 7) is 4.56. The summed E-state index contributed by atoms with van der Waals surface area (Å²) in [4.78, 5) is 11.5.